The number of fused-ring (bicyclic) bond motifs is 1. The smallest absolute Gasteiger partial charge is 0.264 e. The molecule has 1 aromatic heterocycles. The van der Waals surface area contributed by atoms with E-state index in [0.29, 0.717) is 28.5 Å². The number of hydrogen-bond donors (Lipinski definition) is 0. The van der Waals surface area contributed by atoms with Gasteiger partial charge in [0, 0.05) is 17.4 Å². The molecule has 4 rings (SSSR count). The largest absolute Gasteiger partial charge is 0.481 e. The van der Waals surface area contributed by atoms with Gasteiger partial charge in [-0.05, 0) is 49.7 Å². The van der Waals surface area contributed by atoms with Crippen molar-refractivity contribution in [2.75, 3.05) is 23.6 Å². The number of benzene rings is 2. The van der Waals surface area contributed by atoms with Crippen molar-refractivity contribution < 1.29 is 18.3 Å². The first-order valence-electron chi connectivity index (χ1n) is 9.53. The second-order valence-electron chi connectivity index (χ2n) is 7.22. The third-order valence-corrected chi connectivity index (χ3v) is 5.66. The van der Waals surface area contributed by atoms with Crippen LogP contribution in [0.3, 0.4) is 0 Å². The molecule has 1 amide bonds. The molecule has 6 nitrogen and oxygen atoms in total. The van der Waals surface area contributed by atoms with Crippen molar-refractivity contribution in [3.05, 3.63) is 81.3 Å². The normalized spacial score (nSPS) is 13.1. The number of nitrogens with zero attached hydrogens (tertiary/aromatic N) is 4. The van der Waals surface area contributed by atoms with Crippen LogP contribution >= 0.6 is 11.6 Å². The lowest BCUT2D eigenvalue weighted by Crippen LogP contribution is -2.46. The number of methoxy groups -OCH3 is 1. The van der Waals surface area contributed by atoms with Crippen molar-refractivity contribution in [3.63, 3.8) is 0 Å². The second-order valence-corrected chi connectivity index (χ2v) is 7.60. The van der Waals surface area contributed by atoms with E-state index in [0.717, 1.165) is 0 Å². The van der Waals surface area contributed by atoms with E-state index in [-0.39, 0.29) is 23.6 Å². The fourth-order valence-electron chi connectivity index (χ4n) is 3.76. The number of amides is 1. The van der Waals surface area contributed by atoms with Crippen molar-refractivity contribution in [2.45, 2.75) is 13.8 Å². The number of carbonyl (C=O) groups excluding carboxylic acids is 1. The second kappa shape index (κ2) is 8.09. The molecule has 0 saturated carbocycles. The third-order valence-electron chi connectivity index (χ3n) is 5.30. The molecule has 0 saturated heterocycles. The number of pyridine rings is 1. The maximum absolute atomic E-state index is 15.3. The number of ether oxygens (including phenoxy) is 1. The first kappa shape index (κ1) is 21.5. The van der Waals surface area contributed by atoms with Crippen LogP contribution in [0.2, 0.25) is 5.02 Å². The first-order valence-corrected chi connectivity index (χ1v) is 9.91. The Labute approximate surface area is 188 Å². The summed E-state index contributed by atoms with van der Waals surface area (Å²) in [7, 11) is 1.48. The Hall–Kier alpha value is -3.70. The van der Waals surface area contributed by atoms with E-state index in [1.165, 1.54) is 30.2 Å². The standard InChI is InChI=1S/C23H17ClF2N4O2/c1-12-9-14(25)5-6-16(12)29-11-30(17-7-8-19(32-4)28-13(17)2)23(31)20-18(29)10-15(27-3)21(24)22(20)26/h5-10H,11H2,1-2,4H3. The predicted molar refractivity (Wildman–Crippen MR) is 118 cm³/mol. The van der Waals surface area contributed by atoms with Crippen molar-refractivity contribution in [1.82, 2.24) is 4.98 Å². The maximum atomic E-state index is 15.3. The highest BCUT2D eigenvalue weighted by Crippen LogP contribution is 2.44. The average Bonchev–Trinajstić information content (AvgIpc) is 2.77. The molecule has 2 aromatic carbocycles. The molecule has 162 valence electrons. The van der Waals surface area contributed by atoms with Crippen LogP contribution in [0.5, 0.6) is 5.88 Å². The summed E-state index contributed by atoms with van der Waals surface area (Å²) in [5, 5.41) is -0.422. The van der Waals surface area contributed by atoms with Crippen LogP contribution in [0.4, 0.5) is 31.5 Å². The molecule has 0 unspecified atom stereocenters. The van der Waals surface area contributed by atoms with Gasteiger partial charge in [0.15, 0.2) is 0 Å². The molecular weight excluding hydrogens is 438 g/mol. The molecule has 0 aliphatic carbocycles. The molecule has 1 aliphatic heterocycles. The Balaban J connectivity index is 1.97. The van der Waals surface area contributed by atoms with Crippen LogP contribution in [-0.4, -0.2) is 24.7 Å². The van der Waals surface area contributed by atoms with Gasteiger partial charge in [-0.3, -0.25) is 9.69 Å². The summed E-state index contributed by atoms with van der Waals surface area (Å²) in [5.74, 6) is -1.65. The van der Waals surface area contributed by atoms with Crippen molar-refractivity contribution in [1.29, 1.82) is 0 Å². The molecular formula is C23H17ClF2N4O2. The molecule has 0 atom stereocenters. The first-order chi connectivity index (χ1) is 15.3. The highest BCUT2D eigenvalue weighted by Gasteiger charge is 2.36. The molecule has 0 N–H and O–H groups in total. The SMILES string of the molecule is [C-]#[N+]c1cc2c(c(F)c1Cl)C(=O)N(c1ccc(OC)nc1C)CN2c1ccc(F)cc1C. The molecule has 0 bridgehead atoms. The van der Waals surface area contributed by atoms with Gasteiger partial charge in [0.2, 0.25) is 11.6 Å². The Morgan fingerprint density at radius 1 is 1.09 bits per heavy atom. The minimum absolute atomic E-state index is 0.00827. The zero-order valence-corrected chi connectivity index (χ0v) is 18.2. The van der Waals surface area contributed by atoms with Gasteiger partial charge in [0.25, 0.3) is 5.91 Å². The van der Waals surface area contributed by atoms with Crippen molar-refractivity contribution >= 4 is 40.3 Å². The lowest BCUT2D eigenvalue weighted by molar-refractivity contribution is 0.0979. The highest BCUT2D eigenvalue weighted by molar-refractivity contribution is 6.34. The Morgan fingerprint density at radius 3 is 2.44 bits per heavy atom. The number of rotatable bonds is 3. The van der Waals surface area contributed by atoms with E-state index in [1.807, 2.05) is 0 Å². The average molecular weight is 455 g/mol. The van der Waals surface area contributed by atoms with E-state index < -0.39 is 22.6 Å². The summed E-state index contributed by atoms with van der Waals surface area (Å²) in [4.78, 5) is 24.0. The summed E-state index contributed by atoms with van der Waals surface area (Å²) in [6.45, 7) is 10.7. The molecule has 2 heterocycles. The van der Waals surface area contributed by atoms with Gasteiger partial charge in [-0.1, -0.05) is 11.6 Å². The van der Waals surface area contributed by atoms with Gasteiger partial charge in [-0.2, -0.15) is 0 Å². The molecule has 0 spiro atoms. The summed E-state index contributed by atoms with van der Waals surface area (Å²) in [6.07, 6.45) is 0. The van der Waals surface area contributed by atoms with Gasteiger partial charge in [-0.15, -0.1) is 0 Å². The number of hydrogen-bond acceptors (Lipinski definition) is 4. The van der Waals surface area contributed by atoms with Gasteiger partial charge in [-0.25, -0.2) is 18.6 Å². The topological polar surface area (TPSA) is 50.0 Å². The summed E-state index contributed by atoms with van der Waals surface area (Å²) >= 11 is 6.05. The van der Waals surface area contributed by atoms with E-state index in [9.17, 15) is 9.18 Å². The predicted octanol–water partition coefficient (Wildman–Crippen LogP) is 5.95. The van der Waals surface area contributed by atoms with E-state index >= 15 is 4.39 Å². The molecule has 0 fully saturated rings. The van der Waals surface area contributed by atoms with Gasteiger partial charge in [0.05, 0.1) is 35.6 Å². The van der Waals surface area contributed by atoms with Crippen molar-refractivity contribution in [2.24, 2.45) is 0 Å². The molecule has 0 radical (unpaired) electrons. The zero-order valence-electron chi connectivity index (χ0n) is 17.4. The molecule has 9 heteroatoms. The number of aromatic nitrogens is 1. The number of aryl methyl sites for hydroxylation is 2. The van der Waals surface area contributed by atoms with Crippen LogP contribution in [-0.2, 0) is 0 Å². The van der Waals surface area contributed by atoms with E-state index in [1.54, 1.807) is 36.9 Å². The number of anilines is 3. The van der Waals surface area contributed by atoms with Gasteiger partial charge in [0.1, 0.15) is 18.3 Å². The Morgan fingerprint density at radius 2 is 1.81 bits per heavy atom. The minimum Gasteiger partial charge on any atom is -0.481 e. The lowest BCUT2D eigenvalue weighted by atomic mass is 10.0. The van der Waals surface area contributed by atoms with Crippen LogP contribution in [0.15, 0.2) is 36.4 Å². The van der Waals surface area contributed by atoms with Crippen LogP contribution < -0.4 is 14.5 Å². The zero-order chi connectivity index (χ0) is 23.2. The highest BCUT2D eigenvalue weighted by atomic mass is 35.5. The Bertz CT molecular complexity index is 1310. The van der Waals surface area contributed by atoms with Crippen LogP contribution in [0.25, 0.3) is 4.85 Å². The van der Waals surface area contributed by atoms with Gasteiger partial charge >= 0.3 is 0 Å². The molecule has 1 aliphatic rings. The fourth-order valence-corrected chi connectivity index (χ4v) is 3.95. The molecule has 3 aromatic rings. The van der Waals surface area contributed by atoms with Crippen molar-refractivity contribution in [3.8, 4) is 5.88 Å². The van der Waals surface area contributed by atoms with Crippen LogP contribution in [0.1, 0.15) is 21.6 Å². The van der Waals surface area contributed by atoms with E-state index in [2.05, 4.69) is 9.83 Å². The third kappa shape index (κ3) is 3.41. The fraction of sp³-hybridized carbons (Fsp3) is 0.174. The quantitative estimate of drug-likeness (QED) is 0.459. The summed E-state index contributed by atoms with van der Waals surface area (Å²) < 4.78 is 34.2. The monoisotopic (exact) mass is 454 g/mol. The molecule has 32 heavy (non-hydrogen) atoms. The minimum atomic E-state index is -0.978. The summed E-state index contributed by atoms with van der Waals surface area (Å²) in [6, 6.07) is 8.82. The lowest BCUT2D eigenvalue weighted by Gasteiger charge is -2.39. The Kier molecular flexibility index (Phi) is 5.45. The van der Waals surface area contributed by atoms with Gasteiger partial charge < -0.3 is 9.64 Å². The number of halogens is 3. The maximum Gasteiger partial charge on any atom is 0.264 e. The van der Waals surface area contributed by atoms with Crippen LogP contribution in [0, 0.1) is 32.1 Å². The number of carbonyl (C=O) groups is 1. The van der Waals surface area contributed by atoms with E-state index in [4.69, 9.17) is 22.9 Å². The summed E-state index contributed by atoms with van der Waals surface area (Å²) in [5.41, 5.74) is 1.89.